The molecule has 3 rings (SSSR count). The van der Waals surface area contributed by atoms with Crippen molar-refractivity contribution in [1.82, 2.24) is 4.90 Å². The van der Waals surface area contributed by atoms with Gasteiger partial charge in [-0.1, -0.05) is 57.5 Å². The number of halogens is 1. The van der Waals surface area contributed by atoms with E-state index in [-0.39, 0.29) is 17.2 Å². The normalized spacial score (nSPS) is 16.5. The molecule has 30 heavy (non-hydrogen) atoms. The van der Waals surface area contributed by atoms with Gasteiger partial charge in [-0.3, -0.25) is 9.59 Å². The predicted molar refractivity (Wildman–Crippen MR) is 120 cm³/mol. The van der Waals surface area contributed by atoms with Crippen LogP contribution >= 0.6 is 11.6 Å². The molecule has 2 aromatic rings. The third-order valence-corrected chi connectivity index (χ3v) is 5.31. The van der Waals surface area contributed by atoms with Crippen molar-refractivity contribution in [3.8, 4) is 5.75 Å². The van der Waals surface area contributed by atoms with Gasteiger partial charge in [-0.2, -0.15) is 0 Å². The number of fused-ring (bicyclic) bond motifs is 1. The van der Waals surface area contributed by atoms with E-state index >= 15 is 0 Å². The van der Waals surface area contributed by atoms with Crippen LogP contribution in [0.2, 0.25) is 5.02 Å². The predicted octanol–water partition coefficient (Wildman–Crippen LogP) is 5.41. The van der Waals surface area contributed by atoms with E-state index in [4.69, 9.17) is 16.3 Å². The molecule has 6 heteroatoms. The summed E-state index contributed by atoms with van der Waals surface area (Å²) in [6.07, 6.45) is 0.451. The molecule has 160 valence electrons. The summed E-state index contributed by atoms with van der Waals surface area (Å²) < 4.78 is 6.02. The quantitative estimate of drug-likeness (QED) is 0.692. The summed E-state index contributed by atoms with van der Waals surface area (Å²) in [7, 11) is 0. The van der Waals surface area contributed by atoms with E-state index in [1.165, 1.54) is 0 Å². The number of hydrogen-bond donors (Lipinski definition) is 1. The molecule has 0 aliphatic carbocycles. The number of ether oxygens (including phenoxy) is 1. The molecule has 0 radical (unpaired) electrons. The lowest BCUT2D eigenvalue weighted by atomic mass is 9.92. The molecule has 0 spiro atoms. The van der Waals surface area contributed by atoms with Gasteiger partial charge < -0.3 is 15.0 Å². The van der Waals surface area contributed by atoms with Crippen molar-refractivity contribution in [3.05, 3.63) is 58.6 Å². The van der Waals surface area contributed by atoms with Gasteiger partial charge in [0.25, 0.3) is 5.91 Å². The first-order chi connectivity index (χ1) is 14.2. The van der Waals surface area contributed by atoms with Crippen LogP contribution in [0.25, 0.3) is 0 Å². The molecule has 1 heterocycles. The maximum absolute atomic E-state index is 13.1. The van der Waals surface area contributed by atoms with Crippen LogP contribution in [-0.2, 0) is 22.7 Å². The second kappa shape index (κ2) is 9.09. The maximum Gasteiger partial charge on any atom is 0.264 e. The SMILES string of the molecule is CC[C@@H]1Oc2ccc(NC(=O)CC(C)(C)C)cc2CN(Cc2ccccc2Cl)C1=O. The van der Waals surface area contributed by atoms with Gasteiger partial charge in [0, 0.05) is 35.8 Å². The zero-order valence-electron chi connectivity index (χ0n) is 18.0. The number of carbonyl (C=O) groups excluding carboxylic acids is 2. The minimum absolute atomic E-state index is 0.0348. The third kappa shape index (κ3) is 5.54. The third-order valence-electron chi connectivity index (χ3n) is 4.94. The number of nitrogens with one attached hydrogen (secondary N) is 1. The van der Waals surface area contributed by atoms with E-state index in [9.17, 15) is 9.59 Å². The first-order valence-corrected chi connectivity index (χ1v) is 10.7. The second-order valence-corrected chi connectivity index (χ2v) is 9.32. The Morgan fingerprint density at radius 3 is 2.63 bits per heavy atom. The van der Waals surface area contributed by atoms with Crippen LogP contribution in [0.5, 0.6) is 5.75 Å². The van der Waals surface area contributed by atoms with Crippen LogP contribution in [0.3, 0.4) is 0 Å². The van der Waals surface area contributed by atoms with Gasteiger partial charge >= 0.3 is 0 Å². The summed E-state index contributed by atoms with van der Waals surface area (Å²) in [6, 6.07) is 13.1. The Bertz CT molecular complexity index is 936. The molecule has 1 aliphatic rings. The monoisotopic (exact) mass is 428 g/mol. The van der Waals surface area contributed by atoms with E-state index in [0.29, 0.717) is 42.4 Å². The maximum atomic E-state index is 13.1. The highest BCUT2D eigenvalue weighted by Gasteiger charge is 2.30. The van der Waals surface area contributed by atoms with Crippen LogP contribution in [0.15, 0.2) is 42.5 Å². The molecule has 0 fully saturated rings. The van der Waals surface area contributed by atoms with E-state index in [2.05, 4.69) is 5.32 Å². The number of nitrogens with zero attached hydrogens (tertiary/aromatic N) is 1. The van der Waals surface area contributed by atoms with Gasteiger partial charge in [0.15, 0.2) is 6.10 Å². The van der Waals surface area contributed by atoms with Crippen molar-refractivity contribution in [3.63, 3.8) is 0 Å². The number of amides is 2. The van der Waals surface area contributed by atoms with Gasteiger partial charge in [0.1, 0.15) is 5.75 Å². The van der Waals surface area contributed by atoms with Gasteiger partial charge in [-0.25, -0.2) is 0 Å². The molecule has 0 saturated carbocycles. The number of hydrogen-bond acceptors (Lipinski definition) is 3. The number of benzene rings is 2. The summed E-state index contributed by atoms with van der Waals surface area (Å²) in [4.78, 5) is 27.2. The first-order valence-electron chi connectivity index (χ1n) is 10.3. The molecule has 0 unspecified atom stereocenters. The number of rotatable bonds is 5. The fourth-order valence-electron chi connectivity index (χ4n) is 3.50. The molecule has 1 N–H and O–H groups in total. The van der Waals surface area contributed by atoms with E-state index in [1.807, 2.05) is 70.2 Å². The molecule has 1 atom stereocenters. The highest BCUT2D eigenvalue weighted by atomic mass is 35.5. The number of anilines is 1. The molecule has 0 aromatic heterocycles. The summed E-state index contributed by atoms with van der Waals surface area (Å²) in [5.41, 5.74) is 2.36. The average Bonchev–Trinajstić information content (AvgIpc) is 2.78. The molecule has 5 nitrogen and oxygen atoms in total. The van der Waals surface area contributed by atoms with Crippen molar-refractivity contribution < 1.29 is 14.3 Å². The summed E-state index contributed by atoms with van der Waals surface area (Å²) >= 11 is 6.32. The van der Waals surface area contributed by atoms with Crippen LogP contribution in [-0.4, -0.2) is 22.8 Å². The van der Waals surface area contributed by atoms with E-state index < -0.39 is 6.10 Å². The fraction of sp³-hybridized carbons (Fsp3) is 0.417. The van der Waals surface area contributed by atoms with E-state index in [0.717, 1.165) is 11.1 Å². The van der Waals surface area contributed by atoms with Gasteiger partial charge in [0.2, 0.25) is 5.91 Å². The number of carbonyl (C=O) groups is 2. The second-order valence-electron chi connectivity index (χ2n) is 8.91. The lowest BCUT2D eigenvalue weighted by Gasteiger charge is -2.23. The fourth-order valence-corrected chi connectivity index (χ4v) is 3.69. The van der Waals surface area contributed by atoms with Crippen molar-refractivity contribution in [2.24, 2.45) is 5.41 Å². The Morgan fingerprint density at radius 2 is 1.97 bits per heavy atom. The smallest absolute Gasteiger partial charge is 0.264 e. The lowest BCUT2D eigenvalue weighted by molar-refractivity contribution is -0.139. The van der Waals surface area contributed by atoms with Gasteiger partial charge in [-0.05, 0) is 41.7 Å². The van der Waals surface area contributed by atoms with Crippen molar-refractivity contribution in [1.29, 1.82) is 0 Å². The molecule has 1 aliphatic heterocycles. The van der Waals surface area contributed by atoms with Crippen LogP contribution in [0.4, 0.5) is 5.69 Å². The van der Waals surface area contributed by atoms with Gasteiger partial charge in [-0.15, -0.1) is 0 Å². The zero-order valence-corrected chi connectivity index (χ0v) is 18.8. The highest BCUT2D eigenvalue weighted by molar-refractivity contribution is 6.31. The average molecular weight is 429 g/mol. The summed E-state index contributed by atoms with van der Waals surface area (Å²) in [6.45, 7) is 8.81. The van der Waals surface area contributed by atoms with Crippen molar-refractivity contribution in [2.45, 2.75) is 59.7 Å². The molecule has 2 aromatic carbocycles. The zero-order chi connectivity index (χ0) is 21.9. The van der Waals surface area contributed by atoms with E-state index in [1.54, 1.807) is 4.90 Å². The summed E-state index contributed by atoms with van der Waals surface area (Å²) in [5.74, 6) is 0.574. The molecular formula is C24H29ClN2O3. The summed E-state index contributed by atoms with van der Waals surface area (Å²) in [5, 5.41) is 3.59. The highest BCUT2D eigenvalue weighted by Crippen LogP contribution is 2.31. The largest absolute Gasteiger partial charge is 0.480 e. The Hall–Kier alpha value is -2.53. The topological polar surface area (TPSA) is 58.6 Å². The molecule has 0 bridgehead atoms. The molecular weight excluding hydrogens is 400 g/mol. The Labute approximate surface area is 183 Å². The van der Waals surface area contributed by atoms with Crippen molar-refractivity contribution >= 4 is 29.1 Å². The molecule has 2 amide bonds. The Balaban J connectivity index is 1.86. The minimum Gasteiger partial charge on any atom is -0.480 e. The van der Waals surface area contributed by atoms with Crippen LogP contribution < -0.4 is 10.1 Å². The standard InChI is InChI=1S/C24H29ClN2O3/c1-5-20-23(29)27(14-16-8-6-7-9-19(16)25)15-17-12-18(10-11-21(17)30-20)26-22(28)13-24(2,3)4/h6-12,20H,5,13-15H2,1-4H3,(H,26,28)/t20-/m0/s1. The molecule has 0 saturated heterocycles. The van der Waals surface area contributed by atoms with Gasteiger partial charge in [0.05, 0.1) is 0 Å². The van der Waals surface area contributed by atoms with Crippen LogP contribution in [0, 0.1) is 5.41 Å². The van der Waals surface area contributed by atoms with Crippen molar-refractivity contribution in [2.75, 3.05) is 5.32 Å². The lowest BCUT2D eigenvalue weighted by Crippen LogP contribution is -2.38. The Morgan fingerprint density at radius 1 is 1.23 bits per heavy atom. The first kappa shape index (κ1) is 22.2. The van der Waals surface area contributed by atoms with Crippen LogP contribution in [0.1, 0.15) is 51.7 Å². The minimum atomic E-state index is -0.546. The Kier molecular flexibility index (Phi) is 6.71.